The van der Waals surface area contributed by atoms with E-state index in [0.717, 1.165) is 16.3 Å². The van der Waals surface area contributed by atoms with Gasteiger partial charge in [-0.05, 0) is 23.6 Å². The van der Waals surface area contributed by atoms with Crippen molar-refractivity contribution in [1.82, 2.24) is 4.98 Å². The molecule has 0 unspecified atom stereocenters. The summed E-state index contributed by atoms with van der Waals surface area (Å²) in [6.07, 6.45) is 0. The number of hydrogen-bond acceptors (Lipinski definition) is 4. The van der Waals surface area contributed by atoms with Crippen LogP contribution in [0.25, 0.3) is 21.8 Å². The van der Waals surface area contributed by atoms with Crippen molar-refractivity contribution in [3.8, 4) is 17.2 Å². The molecular formula is C19H20ClNO3. The second-order valence-corrected chi connectivity index (χ2v) is 6.28. The van der Waals surface area contributed by atoms with Gasteiger partial charge < -0.3 is 14.2 Å². The Kier molecular flexibility index (Phi) is 4.41. The number of benzene rings is 2. The molecule has 0 amide bonds. The molecule has 0 saturated carbocycles. The van der Waals surface area contributed by atoms with Crippen molar-refractivity contribution >= 4 is 33.4 Å². The van der Waals surface area contributed by atoms with E-state index in [-0.39, 0.29) is 0 Å². The Hall–Kier alpha value is -2.20. The van der Waals surface area contributed by atoms with Crippen molar-refractivity contribution in [1.29, 1.82) is 0 Å². The second-order valence-electron chi connectivity index (χ2n) is 5.90. The molecule has 0 spiro atoms. The molecule has 24 heavy (non-hydrogen) atoms. The van der Waals surface area contributed by atoms with Crippen LogP contribution in [0.2, 0.25) is 5.02 Å². The lowest BCUT2D eigenvalue weighted by Crippen LogP contribution is -1.98. The summed E-state index contributed by atoms with van der Waals surface area (Å²) in [6, 6.07) is 8.01. The molecule has 0 atom stereocenters. The summed E-state index contributed by atoms with van der Waals surface area (Å²) < 4.78 is 16.4. The van der Waals surface area contributed by atoms with Crippen molar-refractivity contribution < 1.29 is 14.2 Å². The number of halogens is 1. The van der Waals surface area contributed by atoms with Crippen molar-refractivity contribution in [3.63, 3.8) is 0 Å². The third kappa shape index (κ3) is 2.51. The molecule has 0 aliphatic carbocycles. The van der Waals surface area contributed by atoms with Crippen LogP contribution in [-0.4, -0.2) is 26.3 Å². The van der Waals surface area contributed by atoms with E-state index in [9.17, 15) is 0 Å². The van der Waals surface area contributed by atoms with Gasteiger partial charge in [-0.25, -0.2) is 4.98 Å². The van der Waals surface area contributed by atoms with Crippen molar-refractivity contribution in [2.45, 2.75) is 19.8 Å². The summed E-state index contributed by atoms with van der Waals surface area (Å²) in [5, 5.41) is 2.31. The smallest absolute Gasteiger partial charge is 0.205 e. The highest BCUT2D eigenvalue weighted by Crippen LogP contribution is 2.45. The lowest BCUT2D eigenvalue weighted by molar-refractivity contribution is 0.327. The molecule has 5 heteroatoms. The lowest BCUT2D eigenvalue weighted by Gasteiger charge is -2.16. The number of pyridine rings is 1. The van der Waals surface area contributed by atoms with E-state index in [1.54, 1.807) is 21.3 Å². The Morgan fingerprint density at radius 1 is 0.917 bits per heavy atom. The van der Waals surface area contributed by atoms with Crippen LogP contribution in [0.15, 0.2) is 24.3 Å². The first kappa shape index (κ1) is 16.7. The van der Waals surface area contributed by atoms with Crippen LogP contribution in [0, 0.1) is 0 Å². The zero-order valence-corrected chi connectivity index (χ0v) is 15.2. The summed E-state index contributed by atoms with van der Waals surface area (Å²) in [4.78, 5) is 4.79. The Balaban J connectivity index is 2.45. The number of ether oxygens (including phenoxy) is 3. The lowest BCUT2D eigenvalue weighted by atomic mass is 10.0. The Labute approximate surface area is 146 Å². The first-order valence-electron chi connectivity index (χ1n) is 7.73. The number of hydrogen-bond donors (Lipinski definition) is 0. The second kappa shape index (κ2) is 6.36. The van der Waals surface area contributed by atoms with Gasteiger partial charge in [0.2, 0.25) is 5.75 Å². The van der Waals surface area contributed by atoms with Crippen LogP contribution in [-0.2, 0) is 0 Å². The van der Waals surface area contributed by atoms with E-state index in [4.69, 9.17) is 30.8 Å². The minimum absolute atomic E-state index is 0.415. The van der Waals surface area contributed by atoms with Crippen LogP contribution in [0.1, 0.15) is 25.3 Å². The maximum Gasteiger partial charge on any atom is 0.205 e. The van der Waals surface area contributed by atoms with E-state index in [1.807, 2.05) is 12.1 Å². The molecule has 0 saturated heterocycles. The fraction of sp³-hybridized carbons (Fsp3) is 0.316. The Bertz CT molecular complexity index is 922. The summed E-state index contributed by atoms with van der Waals surface area (Å²) >= 11 is 6.67. The molecule has 0 aliphatic rings. The standard InChI is InChI=1S/C19H20ClNO3/c1-10(2)11-6-7-12-14(8-11)21-17-13(16(12)20)9-15(22-3)18(23-4)19(17)24-5/h6-10H,1-5H3. The summed E-state index contributed by atoms with van der Waals surface area (Å²) in [5.74, 6) is 2.00. The van der Waals surface area contributed by atoms with Gasteiger partial charge in [-0.15, -0.1) is 0 Å². The predicted molar refractivity (Wildman–Crippen MR) is 98.0 cm³/mol. The molecule has 0 N–H and O–H groups in total. The fourth-order valence-corrected chi connectivity index (χ4v) is 3.17. The molecule has 2 aromatic carbocycles. The molecule has 0 fully saturated rings. The van der Waals surface area contributed by atoms with Crippen molar-refractivity contribution in [2.75, 3.05) is 21.3 Å². The van der Waals surface area contributed by atoms with Crippen LogP contribution in [0.5, 0.6) is 17.2 Å². The van der Waals surface area contributed by atoms with E-state index < -0.39 is 0 Å². The van der Waals surface area contributed by atoms with E-state index in [0.29, 0.717) is 33.7 Å². The van der Waals surface area contributed by atoms with Gasteiger partial charge >= 0.3 is 0 Å². The number of aromatic nitrogens is 1. The van der Waals surface area contributed by atoms with Gasteiger partial charge in [0.15, 0.2) is 11.5 Å². The number of rotatable bonds is 4. The summed E-state index contributed by atoms with van der Waals surface area (Å²) in [7, 11) is 4.74. The molecule has 126 valence electrons. The summed E-state index contributed by atoms with van der Waals surface area (Å²) in [5.41, 5.74) is 2.71. The minimum Gasteiger partial charge on any atom is -0.493 e. The molecule has 0 bridgehead atoms. The third-order valence-electron chi connectivity index (χ3n) is 4.20. The quantitative estimate of drug-likeness (QED) is 0.610. The summed E-state index contributed by atoms with van der Waals surface area (Å²) in [6.45, 7) is 4.30. The largest absolute Gasteiger partial charge is 0.493 e. The minimum atomic E-state index is 0.415. The highest BCUT2D eigenvalue weighted by atomic mass is 35.5. The normalized spacial score (nSPS) is 11.3. The first-order valence-corrected chi connectivity index (χ1v) is 8.11. The highest BCUT2D eigenvalue weighted by Gasteiger charge is 2.20. The molecular weight excluding hydrogens is 326 g/mol. The predicted octanol–water partition coefficient (Wildman–Crippen LogP) is 5.19. The van der Waals surface area contributed by atoms with Gasteiger partial charge in [0, 0.05) is 10.8 Å². The van der Waals surface area contributed by atoms with Crippen molar-refractivity contribution in [3.05, 3.63) is 34.9 Å². The average molecular weight is 346 g/mol. The van der Waals surface area contributed by atoms with Gasteiger partial charge in [0.1, 0.15) is 5.52 Å². The maximum atomic E-state index is 6.67. The molecule has 1 heterocycles. The highest BCUT2D eigenvalue weighted by molar-refractivity contribution is 6.40. The monoisotopic (exact) mass is 345 g/mol. The van der Waals surface area contributed by atoms with Crippen LogP contribution < -0.4 is 14.2 Å². The zero-order chi connectivity index (χ0) is 17.4. The van der Waals surface area contributed by atoms with Crippen LogP contribution >= 0.6 is 11.6 Å². The van der Waals surface area contributed by atoms with E-state index in [2.05, 4.69) is 26.0 Å². The van der Waals surface area contributed by atoms with E-state index in [1.165, 1.54) is 5.56 Å². The Morgan fingerprint density at radius 2 is 1.62 bits per heavy atom. The van der Waals surface area contributed by atoms with E-state index >= 15 is 0 Å². The fourth-order valence-electron chi connectivity index (χ4n) is 2.87. The molecule has 0 aliphatic heterocycles. The van der Waals surface area contributed by atoms with Gasteiger partial charge in [-0.3, -0.25) is 0 Å². The third-order valence-corrected chi connectivity index (χ3v) is 4.60. The SMILES string of the molecule is COc1cc2c(Cl)c3ccc(C(C)C)cc3nc2c(OC)c1OC. The van der Waals surface area contributed by atoms with Gasteiger partial charge in [-0.1, -0.05) is 37.6 Å². The number of fused-ring (bicyclic) bond motifs is 2. The van der Waals surface area contributed by atoms with Gasteiger partial charge in [0.25, 0.3) is 0 Å². The molecule has 1 aromatic heterocycles. The van der Waals surface area contributed by atoms with Gasteiger partial charge in [-0.2, -0.15) is 0 Å². The zero-order valence-electron chi connectivity index (χ0n) is 14.4. The molecule has 3 rings (SSSR count). The van der Waals surface area contributed by atoms with Crippen LogP contribution in [0.4, 0.5) is 0 Å². The first-order chi connectivity index (χ1) is 11.5. The number of nitrogens with zero attached hydrogens (tertiary/aromatic N) is 1. The average Bonchev–Trinajstić information content (AvgIpc) is 2.59. The molecule has 0 radical (unpaired) electrons. The van der Waals surface area contributed by atoms with Crippen LogP contribution in [0.3, 0.4) is 0 Å². The maximum absolute atomic E-state index is 6.67. The topological polar surface area (TPSA) is 40.6 Å². The molecule has 3 aromatic rings. The van der Waals surface area contributed by atoms with Gasteiger partial charge in [0.05, 0.1) is 31.9 Å². The van der Waals surface area contributed by atoms with Crippen molar-refractivity contribution in [2.24, 2.45) is 0 Å². The molecule has 4 nitrogen and oxygen atoms in total. The number of methoxy groups -OCH3 is 3. The Morgan fingerprint density at radius 3 is 2.21 bits per heavy atom.